The van der Waals surface area contributed by atoms with Crippen LogP contribution in [0.4, 0.5) is 5.13 Å². The van der Waals surface area contributed by atoms with Gasteiger partial charge in [0.05, 0.1) is 16.7 Å². The molecule has 1 N–H and O–H groups in total. The number of carbonyl (C=O) groups excluding carboxylic acids is 1. The minimum atomic E-state index is -0.345. The number of nitrogens with zero attached hydrogens (tertiary/aromatic N) is 2. The van der Waals surface area contributed by atoms with Crippen molar-refractivity contribution in [1.29, 1.82) is 0 Å². The van der Waals surface area contributed by atoms with E-state index in [0.29, 0.717) is 33.1 Å². The molecule has 1 amide bonds. The van der Waals surface area contributed by atoms with Crippen LogP contribution in [0.3, 0.4) is 0 Å². The SMILES string of the molecule is CCCOc1c(Cl)cc(C(=O)Nc2nnc(C(C)C)s2)cc1Cl. The molecular weight excluding hydrogens is 357 g/mol. The Morgan fingerprint density at radius 3 is 2.48 bits per heavy atom. The molecule has 0 atom stereocenters. The maximum absolute atomic E-state index is 12.3. The number of hydrogen-bond donors (Lipinski definition) is 1. The van der Waals surface area contributed by atoms with E-state index in [-0.39, 0.29) is 11.8 Å². The zero-order valence-electron chi connectivity index (χ0n) is 13.0. The normalized spacial score (nSPS) is 10.9. The van der Waals surface area contributed by atoms with E-state index in [1.54, 1.807) is 0 Å². The third kappa shape index (κ3) is 4.56. The van der Waals surface area contributed by atoms with Gasteiger partial charge in [0.15, 0.2) is 5.75 Å². The van der Waals surface area contributed by atoms with Crippen LogP contribution in [0.25, 0.3) is 0 Å². The molecule has 0 bridgehead atoms. The highest BCUT2D eigenvalue weighted by molar-refractivity contribution is 7.15. The second kappa shape index (κ2) is 7.95. The molecule has 1 aromatic carbocycles. The number of halogens is 2. The summed E-state index contributed by atoms with van der Waals surface area (Å²) in [6.45, 7) is 6.52. The topological polar surface area (TPSA) is 64.1 Å². The summed E-state index contributed by atoms with van der Waals surface area (Å²) in [4.78, 5) is 12.3. The number of anilines is 1. The monoisotopic (exact) mass is 373 g/mol. The molecule has 0 aliphatic rings. The van der Waals surface area contributed by atoms with Crippen molar-refractivity contribution in [3.05, 3.63) is 32.7 Å². The van der Waals surface area contributed by atoms with E-state index in [2.05, 4.69) is 15.5 Å². The Labute approximate surface area is 149 Å². The van der Waals surface area contributed by atoms with Gasteiger partial charge in [0.2, 0.25) is 5.13 Å². The number of nitrogens with one attached hydrogen (secondary N) is 1. The van der Waals surface area contributed by atoms with Crippen LogP contribution >= 0.6 is 34.5 Å². The minimum Gasteiger partial charge on any atom is -0.490 e. The van der Waals surface area contributed by atoms with Crippen LogP contribution in [0.5, 0.6) is 5.75 Å². The molecule has 0 saturated heterocycles. The summed E-state index contributed by atoms with van der Waals surface area (Å²) in [5, 5.41) is 12.6. The zero-order chi connectivity index (χ0) is 17.0. The largest absolute Gasteiger partial charge is 0.490 e. The van der Waals surface area contributed by atoms with Crippen molar-refractivity contribution >= 4 is 45.6 Å². The van der Waals surface area contributed by atoms with E-state index < -0.39 is 0 Å². The molecule has 0 unspecified atom stereocenters. The molecule has 2 rings (SSSR count). The van der Waals surface area contributed by atoms with Crippen LogP contribution in [0.1, 0.15) is 48.5 Å². The molecule has 0 spiro atoms. The Morgan fingerprint density at radius 2 is 1.96 bits per heavy atom. The summed E-state index contributed by atoms with van der Waals surface area (Å²) >= 11 is 13.6. The van der Waals surface area contributed by atoms with Crippen molar-refractivity contribution in [3.8, 4) is 5.75 Å². The van der Waals surface area contributed by atoms with Crippen molar-refractivity contribution in [2.24, 2.45) is 0 Å². The lowest BCUT2D eigenvalue weighted by atomic mass is 10.2. The third-order valence-corrected chi connectivity index (χ3v) is 4.57. The number of amides is 1. The lowest BCUT2D eigenvalue weighted by Crippen LogP contribution is -2.12. The summed E-state index contributed by atoms with van der Waals surface area (Å²) in [7, 11) is 0. The Balaban J connectivity index is 2.15. The van der Waals surface area contributed by atoms with Crippen molar-refractivity contribution in [3.63, 3.8) is 0 Å². The van der Waals surface area contributed by atoms with Gasteiger partial charge >= 0.3 is 0 Å². The fraction of sp³-hybridized carbons (Fsp3) is 0.400. The van der Waals surface area contributed by atoms with Crippen molar-refractivity contribution in [1.82, 2.24) is 10.2 Å². The lowest BCUT2D eigenvalue weighted by Gasteiger charge is -2.10. The zero-order valence-corrected chi connectivity index (χ0v) is 15.3. The molecule has 0 aliphatic carbocycles. The Kier molecular flexibility index (Phi) is 6.21. The molecule has 5 nitrogen and oxygen atoms in total. The first-order valence-corrected chi connectivity index (χ1v) is 8.76. The van der Waals surface area contributed by atoms with Crippen LogP contribution in [-0.4, -0.2) is 22.7 Å². The minimum absolute atomic E-state index is 0.261. The van der Waals surface area contributed by atoms with Gasteiger partial charge in [-0.15, -0.1) is 10.2 Å². The maximum Gasteiger partial charge on any atom is 0.257 e. The van der Waals surface area contributed by atoms with Gasteiger partial charge < -0.3 is 4.74 Å². The number of rotatable bonds is 6. The van der Waals surface area contributed by atoms with Crippen molar-refractivity contribution in [2.75, 3.05) is 11.9 Å². The quantitative estimate of drug-likeness (QED) is 0.772. The molecule has 0 radical (unpaired) electrons. The lowest BCUT2D eigenvalue weighted by molar-refractivity contribution is 0.102. The average molecular weight is 374 g/mol. The Morgan fingerprint density at radius 1 is 1.30 bits per heavy atom. The molecule has 1 heterocycles. The molecule has 23 heavy (non-hydrogen) atoms. The van der Waals surface area contributed by atoms with E-state index in [9.17, 15) is 4.79 Å². The van der Waals surface area contributed by atoms with Gasteiger partial charge in [0, 0.05) is 11.5 Å². The van der Waals surface area contributed by atoms with E-state index in [1.807, 2.05) is 20.8 Å². The van der Waals surface area contributed by atoms with E-state index in [4.69, 9.17) is 27.9 Å². The summed E-state index contributed by atoms with van der Waals surface area (Å²) in [6.07, 6.45) is 0.837. The summed E-state index contributed by atoms with van der Waals surface area (Å²) in [5.74, 6) is 0.309. The molecular formula is C15H17Cl2N3O2S. The highest BCUT2D eigenvalue weighted by Crippen LogP contribution is 2.34. The first-order chi connectivity index (χ1) is 10.9. The van der Waals surface area contributed by atoms with Gasteiger partial charge in [0.25, 0.3) is 5.91 Å². The van der Waals surface area contributed by atoms with E-state index in [1.165, 1.54) is 23.5 Å². The van der Waals surface area contributed by atoms with Gasteiger partial charge in [0.1, 0.15) is 5.01 Å². The summed E-state index contributed by atoms with van der Waals surface area (Å²) in [6, 6.07) is 3.05. The molecule has 1 aromatic heterocycles. The van der Waals surface area contributed by atoms with Crippen LogP contribution in [0.2, 0.25) is 10.0 Å². The van der Waals surface area contributed by atoms with Crippen molar-refractivity contribution in [2.45, 2.75) is 33.1 Å². The number of benzene rings is 1. The smallest absolute Gasteiger partial charge is 0.257 e. The predicted molar refractivity (Wildman–Crippen MR) is 94.2 cm³/mol. The highest BCUT2D eigenvalue weighted by Gasteiger charge is 2.16. The number of carbonyl (C=O) groups is 1. The number of ether oxygens (including phenoxy) is 1. The maximum atomic E-state index is 12.3. The van der Waals surface area contributed by atoms with Crippen molar-refractivity contribution < 1.29 is 9.53 Å². The molecule has 0 saturated carbocycles. The highest BCUT2D eigenvalue weighted by atomic mass is 35.5. The van der Waals surface area contributed by atoms with Crippen LogP contribution in [0.15, 0.2) is 12.1 Å². The van der Waals surface area contributed by atoms with Crippen LogP contribution in [-0.2, 0) is 0 Å². The molecule has 8 heteroatoms. The molecule has 0 fully saturated rings. The molecule has 2 aromatic rings. The van der Waals surface area contributed by atoms with Gasteiger partial charge in [-0.2, -0.15) is 0 Å². The van der Waals surface area contributed by atoms with Gasteiger partial charge in [-0.1, -0.05) is 55.3 Å². The molecule has 124 valence electrons. The number of aromatic nitrogens is 2. The average Bonchev–Trinajstić information content (AvgIpc) is 2.95. The van der Waals surface area contributed by atoms with Crippen LogP contribution < -0.4 is 10.1 Å². The first kappa shape index (κ1) is 18.0. The first-order valence-electron chi connectivity index (χ1n) is 7.19. The van der Waals surface area contributed by atoms with Gasteiger partial charge in [-0.25, -0.2) is 0 Å². The third-order valence-electron chi connectivity index (χ3n) is 2.87. The Bertz CT molecular complexity index is 681. The van der Waals surface area contributed by atoms with Gasteiger partial charge in [-0.3, -0.25) is 10.1 Å². The summed E-state index contributed by atoms with van der Waals surface area (Å²) < 4.78 is 5.48. The van der Waals surface area contributed by atoms with E-state index in [0.717, 1.165) is 11.4 Å². The van der Waals surface area contributed by atoms with E-state index >= 15 is 0 Å². The standard InChI is InChI=1S/C15H17Cl2N3O2S/c1-4-5-22-12-10(16)6-9(7-11(12)17)13(21)18-15-20-19-14(23-15)8(2)3/h6-8H,4-5H2,1-3H3,(H,18,20,21). The van der Waals surface area contributed by atoms with Crippen LogP contribution in [0, 0.1) is 0 Å². The Hall–Kier alpha value is -1.37. The predicted octanol–water partition coefficient (Wildman–Crippen LogP) is 5.01. The number of hydrogen-bond acceptors (Lipinski definition) is 5. The molecule has 0 aliphatic heterocycles. The summed E-state index contributed by atoms with van der Waals surface area (Å²) in [5.41, 5.74) is 0.338. The fourth-order valence-electron chi connectivity index (χ4n) is 1.72. The fourth-order valence-corrected chi connectivity index (χ4v) is 3.06. The second-order valence-electron chi connectivity index (χ2n) is 5.17. The van der Waals surface area contributed by atoms with Gasteiger partial charge in [-0.05, 0) is 18.6 Å². The second-order valence-corrected chi connectivity index (χ2v) is 7.00.